The summed E-state index contributed by atoms with van der Waals surface area (Å²) >= 11 is 0. The van der Waals surface area contributed by atoms with Gasteiger partial charge in [-0.15, -0.1) is 12.4 Å². The summed E-state index contributed by atoms with van der Waals surface area (Å²) < 4.78 is 5.70. The lowest BCUT2D eigenvalue weighted by atomic mass is 9.65. The summed E-state index contributed by atoms with van der Waals surface area (Å²) in [6.45, 7) is 5.88. The van der Waals surface area contributed by atoms with E-state index in [1.165, 1.54) is 44.1 Å². The number of nitrogens with zero attached hydrogens (tertiary/aromatic N) is 1. The summed E-state index contributed by atoms with van der Waals surface area (Å²) in [6.07, 6.45) is 9.81. The van der Waals surface area contributed by atoms with Gasteiger partial charge in [0.1, 0.15) is 11.4 Å². The third kappa shape index (κ3) is 5.68. The molecule has 3 nitrogen and oxygen atoms in total. The average molecular weight is 458 g/mol. The topological polar surface area (TPSA) is 32.7 Å². The van der Waals surface area contributed by atoms with E-state index in [2.05, 4.69) is 47.4 Å². The van der Waals surface area contributed by atoms with Gasteiger partial charge in [0.05, 0.1) is 6.61 Å². The molecule has 2 aromatic carbocycles. The summed E-state index contributed by atoms with van der Waals surface area (Å²) in [5, 5.41) is 12.7. The molecule has 1 heterocycles. The number of hydrogen-bond acceptors (Lipinski definition) is 3. The van der Waals surface area contributed by atoms with Crippen LogP contribution in [0.25, 0.3) is 0 Å². The highest BCUT2D eigenvalue weighted by molar-refractivity contribution is 5.85. The molecule has 1 aliphatic carbocycles. The van der Waals surface area contributed by atoms with Crippen molar-refractivity contribution in [1.29, 1.82) is 0 Å². The predicted molar refractivity (Wildman–Crippen MR) is 135 cm³/mol. The number of rotatable bonds is 8. The molecule has 2 atom stereocenters. The van der Waals surface area contributed by atoms with Gasteiger partial charge in [0.25, 0.3) is 0 Å². The lowest BCUT2D eigenvalue weighted by Gasteiger charge is -2.46. The van der Waals surface area contributed by atoms with Crippen molar-refractivity contribution in [2.24, 2.45) is 5.92 Å². The van der Waals surface area contributed by atoms with E-state index in [0.29, 0.717) is 6.61 Å². The van der Waals surface area contributed by atoms with Crippen molar-refractivity contribution >= 4 is 12.4 Å². The van der Waals surface area contributed by atoms with Gasteiger partial charge in [0.2, 0.25) is 0 Å². The Bertz CT molecular complexity index is 785. The van der Waals surface area contributed by atoms with Crippen LogP contribution < -0.4 is 4.74 Å². The van der Waals surface area contributed by atoms with Gasteiger partial charge < -0.3 is 14.7 Å². The Balaban J connectivity index is 0.00000289. The molecule has 0 amide bonds. The van der Waals surface area contributed by atoms with Crippen LogP contribution in [0, 0.1) is 5.92 Å². The molecule has 2 fully saturated rings. The van der Waals surface area contributed by atoms with Crippen LogP contribution in [0.2, 0.25) is 0 Å². The Morgan fingerprint density at radius 2 is 1.53 bits per heavy atom. The summed E-state index contributed by atoms with van der Waals surface area (Å²) in [5.74, 6) is 1.23. The fourth-order valence-corrected chi connectivity index (χ4v) is 5.83. The molecular formula is C28H40ClNO2. The van der Waals surface area contributed by atoms with E-state index in [4.69, 9.17) is 4.74 Å². The second-order valence-electron chi connectivity index (χ2n) is 9.44. The Labute approximate surface area is 200 Å². The van der Waals surface area contributed by atoms with Crippen molar-refractivity contribution in [3.8, 4) is 5.75 Å². The van der Waals surface area contributed by atoms with Gasteiger partial charge in [0, 0.05) is 12.5 Å². The number of halogens is 1. The van der Waals surface area contributed by atoms with Gasteiger partial charge in [-0.3, -0.25) is 0 Å². The van der Waals surface area contributed by atoms with Crippen LogP contribution in [-0.2, 0) is 5.60 Å². The third-order valence-electron chi connectivity index (χ3n) is 7.48. The molecule has 1 saturated carbocycles. The summed E-state index contributed by atoms with van der Waals surface area (Å²) in [5.41, 5.74) is 1.44. The Morgan fingerprint density at radius 3 is 2.16 bits per heavy atom. The number of likely N-dealkylation sites (tertiary alicyclic amines) is 1. The minimum Gasteiger partial charge on any atom is -0.494 e. The van der Waals surface area contributed by atoms with Crippen LogP contribution >= 0.6 is 12.4 Å². The molecule has 1 aliphatic heterocycles. The normalized spacial score (nSPS) is 20.7. The largest absolute Gasteiger partial charge is 0.494 e. The van der Waals surface area contributed by atoms with Crippen LogP contribution in [0.15, 0.2) is 54.6 Å². The second-order valence-corrected chi connectivity index (χ2v) is 9.44. The Kier molecular flexibility index (Phi) is 9.46. The first-order valence-electron chi connectivity index (χ1n) is 12.4. The zero-order chi connectivity index (χ0) is 21.5. The molecular weight excluding hydrogens is 418 g/mol. The minimum absolute atomic E-state index is 0. The van der Waals surface area contributed by atoms with Gasteiger partial charge in [-0.2, -0.15) is 0 Å². The third-order valence-corrected chi connectivity index (χ3v) is 7.48. The lowest BCUT2D eigenvalue weighted by Crippen LogP contribution is -2.47. The molecule has 2 unspecified atom stereocenters. The van der Waals surface area contributed by atoms with Crippen LogP contribution in [0.4, 0.5) is 0 Å². The van der Waals surface area contributed by atoms with Crippen molar-refractivity contribution in [2.75, 3.05) is 26.2 Å². The first-order valence-corrected chi connectivity index (χ1v) is 12.4. The number of ether oxygens (including phenoxy) is 1. The van der Waals surface area contributed by atoms with Gasteiger partial charge in [-0.05, 0) is 74.9 Å². The molecule has 0 bridgehead atoms. The fourth-order valence-electron chi connectivity index (χ4n) is 5.83. The quantitative estimate of drug-likeness (QED) is 0.488. The van der Waals surface area contributed by atoms with Crippen molar-refractivity contribution in [1.82, 2.24) is 4.90 Å². The van der Waals surface area contributed by atoms with E-state index in [-0.39, 0.29) is 24.2 Å². The zero-order valence-electron chi connectivity index (χ0n) is 19.5. The Hall–Kier alpha value is -1.55. The van der Waals surface area contributed by atoms with Gasteiger partial charge in [-0.1, -0.05) is 68.1 Å². The Morgan fingerprint density at radius 1 is 0.906 bits per heavy atom. The lowest BCUT2D eigenvalue weighted by molar-refractivity contribution is -0.0710. The number of benzene rings is 2. The summed E-state index contributed by atoms with van der Waals surface area (Å²) in [7, 11) is 0. The van der Waals surface area contributed by atoms with Crippen LogP contribution in [-0.4, -0.2) is 36.2 Å². The maximum atomic E-state index is 12.7. The van der Waals surface area contributed by atoms with E-state index in [1.54, 1.807) is 0 Å². The van der Waals surface area contributed by atoms with E-state index in [1.807, 2.05) is 19.1 Å². The average Bonchev–Trinajstić information content (AvgIpc) is 2.84. The van der Waals surface area contributed by atoms with Gasteiger partial charge in [0.15, 0.2) is 0 Å². The SMILES string of the molecule is CCOc1ccc(C(O)(C2CCCCC2)C(CN2CCCCC2)c2ccccc2)cc1.Cl. The molecule has 176 valence electrons. The maximum absolute atomic E-state index is 12.7. The predicted octanol–water partition coefficient (Wildman–Crippen LogP) is 6.54. The van der Waals surface area contributed by atoms with E-state index in [0.717, 1.165) is 43.8 Å². The molecule has 2 aliphatic rings. The highest BCUT2D eigenvalue weighted by Crippen LogP contribution is 2.49. The zero-order valence-corrected chi connectivity index (χ0v) is 20.4. The second kappa shape index (κ2) is 12.1. The first-order chi connectivity index (χ1) is 15.2. The molecule has 4 rings (SSSR count). The van der Waals surface area contributed by atoms with Crippen molar-refractivity contribution in [3.63, 3.8) is 0 Å². The standard InChI is InChI=1S/C28H39NO2.ClH/c1-2-31-26-18-16-25(17-19-26)28(30,24-14-8-4-9-15-24)27(23-12-6-3-7-13-23)22-29-20-10-5-11-21-29;/h3,6-7,12-13,16-19,24,27,30H,2,4-5,8-11,14-15,20-22H2,1H3;1H. The first kappa shape index (κ1) is 25.1. The highest BCUT2D eigenvalue weighted by Gasteiger charge is 2.46. The van der Waals surface area contributed by atoms with Crippen molar-refractivity contribution in [2.45, 2.75) is 69.8 Å². The molecule has 0 spiro atoms. The van der Waals surface area contributed by atoms with Crippen molar-refractivity contribution < 1.29 is 9.84 Å². The highest BCUT2D eigenvalue weighted by atomic mass is 35.5. The monoisotopic (exact) mass is 457 g/mol. The molecule has 32 heavy (non-hydrogen) atoms. The molecule has 2 aromatic rings. The van der Waals surface area contributed by atoms with E-state index >= 15 is 0 Å². The number of piperidine rings is 1. The molecule has 4 heteroatoms. The molecule has 0 aromatic heterocycles. The van der Waals surface area contributed by atoms with Gasteiger partial charge in [-0.25, -0.2) is 0 Å². The van der Waals surface area contributed by atoms with Gasteiger partial charge >= 0.3 is 0 Å². The maximum Gasteiger partial charge on any atom is 0.119 e. The van der Waals surface area contributed by atoms with E-state index in [9.17, 15) is 5.11 Å². The van der Waals surface area contributed by atoms with Crippen LogP contribution in [0.5, 0.6) is 5.75 Å². The van der Waals surface area contributed by atoms with Crippen LogP contribution in [0.1, 0.15) is 75.3 Å². The summed E-state index contributed by atoms with van der Waals surface area (Å²) in [6, 6.07) is 19.1. The fraction of sp³-hybridized carbons (Fsp3) is 0.571. The number of hydrogen-bond donors (Lipinski definition) is 1. The minimum atomic E-state index is -0.871. The van der Waals surface area contributed by atoms with E-state index < -0.39 is 5.60 Å². The van der Waals surface area contributed by atoms with Crippen LogP contribution in [0.3, 0.4) is 0 Å². The number of aliphatic hydroxyl groups is 1. The molecule has 0 radical (unpaired) electrons. The smallest absolute Gasteiger partial charge is 0.119 e. The summed E-state index contributed by atoms with van der Waals surface area (Å²) in [4.78, 5) is 2.59. The van der Waals surface area contributed by atoms with Crippen molar-refractivity contribution in [3.05, 3.63) is 65.7 Å². The molecule has 1 saturated heterocycles. The molecule has 1 N–H and O–H groups in total.